The molecule has 0 fully saturated rings. The van der Waals surface area contributed by atoms with Crippen LogP contribution in [-0.4, -0.2) is 22.2 Å². The molecule has 0 N–H and O–H groups in total. The van der Waals surface area contributed by atoms with Crippen molar-refractivity contribution in [1.29, 1.82) is 0 Å². The molecule has 140 valence electrons. The summed E-state index contributed by atoms with van der Waals surface area (Å²) in [6.07, 6.45) is 2.50. The van der Waals surface area contributed by atoms with Crippen molar-refractivity contribution >= 4 is 34.8 Å². The third-order valence-electron chi connectivity index (χ3n) is 3.81. The number of rotatable bonds is 4. The van der Waals surface area contributed by atoms with Gasteiger partial charge in [-0.25, -0.2) is 9.29 Å². The zero-order valence-corrected chi connectivity index (χ0v) is 15.3. The van der Waals surface area contributed by atoms with Crippen molar-refractivity contribution < 1.29 is 18.0 Å². The smallest absolute Gasteiger partial charge is 0.275 e. The summed E-state index contributed by atoms with van der Waals surface area (Å²) in [7, 11) is 1.56. The van der Waals surface area contributed by atoms with Gasteiger partial charge in [-0.1, -0.05) is 29.3 Å². The van der Waals surface area contributed by atoms with Crippen LogP contribution in [-0.2, 0) is 7.05 Å². The molecule has 27 heavy (non-hydrogen) atoms. The molecule has 2 aromatic carbocycles. The van der Waals surface area contributed by atoms with E-state index in [9.17, 15) is 18.0 Å². The lowest BCUT2D eigenvalue weighted by Gasteiger charge is -2.24. The first-order chi connectivity index (χ1) is 12.8. The monoisotopic (exact) mass is 413 g/mol. The summed E-state index contributed by atoms with van der Waals surface area (Å²) in [4.78, 5) is 12.9. The molecule has 0 aliphatic heterocycles. The summed E-state index contributed by atoms with van der Waals surface area (Å²) in [5, 5.41) is 4.25. The molecule has 3 aromatic rings. The van der Waals surface area contributed by atoms with Crippen molar-refractivity contribution in [3.8, 4) is 11.1 Å². The van der Waals surface area contributed by atoms with Crippen molar-refractivity contribution in [2.45, 2.75) is 6.55 Å². The number of carbonyl (C=O) groups is 1. The van der Waals surface area contributed by atoms with E-state index in [1.54, 1.807) is 7.05 Å². The number of aryl methyl sites for hydroxylation is 1. The topological polar surface area (TPSA) is 38.1 Å². The fraction of sp³-hybridized carbons (Fsp3) is 0.111. The summed E-state index contributed by atoms with van der Waals surface area (Å²) in [5.74, 6) is -1.62. The van der Waals surface area contributed by atoms with E-state index in [2.05, 4.69) is 5.10 Å². The minimum Gasteiger partial charge on any atom is -0.275 e. The van der Waals surface area contributed by atoms with E-state index in [1.165, 1.54) is 35.3 Å². The first kappa shape index (κ1) is 19.3. The van der Waals surface area contributed by atoms with Crippen molar-refractivity contribution in [2.24, 2.45) is 7.05 Å². The largest absolute Gasteiger partial charge is 0.321 e. The first-order valence-corrected chi connectivity index (χ1v) is 8.39. The van der Waals surface area contributed by atoms with Crippen LogP contribution in [0.2, 0.25) is 10.0 Å². The average Bonchev–Trinajstić information content (AvgIpc) is 3.05. The summed E-state index contributed by atoms with van der Waals surface area (Å²) >= 11 is 11.9. The number of anilines is 1. The third kappa shape index (κ3) is 3.94. The number of hydrogen-bond acceptors (Lipinski definition) is 2. The first-order valence-electron chi connectivity index (χ1n) is 7.63. The maximum absolute atomic E-state index is 13.8. The Balaban J connectivity index is 2.15. The predicted molar refractivity (Wildman–Crippen MR) is 97.9 cm³/mol. The fourth-order valence-electron chi connectivity index (χ4n) is 2.59. The van der Waals surface area contributed by atoms with E-state index in [-0.39, 0.29) is 31.8 Å². The standard InChI is InChI=1S/C18H12Cl2F3N3O/c1-25-9-11(8-24-25)17(27)26(18(22)23)16-5-3-12(21)7-13(16)10-2-4-14(19)15(20)6-10/h2-9,18H,1H3. The number of amides is 1. The van der Waals surface area contributed by atoms with Gasteiger partial charge in [-0.15, -0.1) is 0 Å². The molecule has 4 nitrogen and oxygen atoms in total. The van der Waals surface area contributed by atoms with Gasteiger partial charge in [0, 0.05) is 18.8 Å². The molecule has 1 aromatic heterocycles. The third-order valence-corrected chi connectivity index (χ3v) is 4.55. The summed E-state index contributed by atoms with van der Waals surface area (Å²) < 4.78 is 42.8. The predicted octanol–water partition coefficient (Wildman–Crippen LogP) is 5.40. The molecule has 0 unspecified atom stereocenters. The van der Waals surface area contributed by atoms with Crippen LogP contribution >= 0.6 is 23.2 Å². The van der Waals surface area contributed by atoms with Gasteiger partial charge in [-0.05, 0) is 35.9 Å². The summed E-state index contributed by atoms with van der Waals surface area (Å²) in [5.41, 5.74) is 0.218. The molecule has 0 spiro atoms. The minimum absolute atomic E-state index is 0.0257. The Bertz CT molecular complexity index is 1010. The maximum atomic E-state index is 13.8. The van der Waals surface area contributed by atoms with Crippen molar-refractivity contribution in [3.05, 3.63) is 70.2 Å². The number of aromatic nitrogens is 2. The van der Waals surface area contributed by atoms with E-state index in [0.717, 1.165) is 18.2 Å². The van der Waals surface area contributed by atoms with Gasteiger partial charge < -0.3 is 0 Å². The van der Waals surface area contributed by atoms with Gasteiger partial charge in [0.1, 0.15) is 5.82 Å². The summed E-state index contributed by atoms with van der Waals surface area (Å²) in [6, 6.07) is 7.56. The van der Waals surface area contributed by atoms with Crippen LogP contribution in [0.4, 0.5) is 18.9 Å². The molecule has 0 atom stereocenters. The zero-order chi connectivity index (χ0) is 19.7. The Labute approximate surface area is 162 Å². The van der Waals surface area contributed by atoms with Crippen LogP contribution in [0.15, 0.2) is 48.8 Å². The lowest BCUT2D eigenvalue weighted by atomic mass is 10.0. The van der Waals surface area contributed by atoms with Crippen molar-refractivity contribution in [1.82, 2.24) is 9.78 Å². The van der Waals surface area contributed by atoms with Crippen molar-refractivity contribution in [3.63, 3.8) is 0 Å². The van der Waals surface area contributed by atoms with Gasteiger partial charge in [-0.3, -0.25) is 9.48 Å². The van der Waals surface area contributed by atoms with E-state index < -0.39 is 18.3 Å². The van der Waals surface area contributed by atoms with Crippen LogP contribution in [0, 0.1) is 5.82 Å². The highest BCUT2D eigenvalue weighted by Gasteiger charge is 2.29. The number of carbonyl (C=O) groups excluding carboxylic acids is 1. The van der Waals surface area contributed by atoms with Gasteiger partial charge >= 0.3 is 6.55 Å². The molecule has 0 radical (unpaired) electrons. The van der Waals surface area contributed by atoms with Crippen LogP contribution in [0.3, 0.4) is 0 Å². The highest BCUT2D eigenvalue weighted by atomic mass is 35.5. The highest BCUT2D eigenvalue weighted by Crippen LogP contribution is 2.36. The number of alkyl halides is 2. The Kier molecular flexibility index (Phi) is 5.43. The van der Waals surface area contributed by atoms with Gasteiger partial charge in [0.25, 0.3) is 5.91 Å². The van der Waals surface area contributed by atoms with E-state index >= 15 is 0 Å². The second kappa shape index (κ2) is 7.62. The Morgan fingerprint density at radius 1 is 1.15 bits per heavy atom. The molecule has 0 aliphatic rings. The number of hydrogen-bond donors (Lipinski definition) is 0. The minimum atomic E-state index is -3.16. The molecule has 3 rings (SSSR count). The Morgan fingerprint density at radius 3 is 2.48 bits per heavy atom. The Hall–Kier alpha value is -2.51. The number of benzene rings is 2. The maximum Gasteiger partial charge on any atom is 0.321 e. The zero-order valence-electron chi connectivity index (χ0n) is 13.8. The van der Waals surface area contributed by atoms with E-state index in [1.807, 2.05) is 0 Å². The van der Waals surface area contributed by atoms with Gasteiger partial charge in [-0.2, -0.15) is 13.9 Å². The lowest BCUT2D eigenvalue weighted by molar-refractivity contribution is 0.0839. The quantitative estimate of drug-likeness (QED) is 0.536. The van der Waals surface area contributed by atoms with Crippen LogP contribution < -0.4 is 4.90 Å². The molecule has 0 aliphatic carbocycles. The van der Waals surface area contributed by atoms with Crippen molar-refractivity contribution in [2.75, 3.05) is 4.90 Å². The SMILES string of the molecule is Cn1cc(C(=O)N(c2ccc(F)cc2-c2ccc(Cl)c(Cl)c2)C(F)F)cn1. The molecule has 0 bridgehead atoms. The second-order valence-electron chi connectivity index (χ2n) is 5.65. The average molecular weight is 414 g/mol. The van der Waals surface area contributed by atoms with Gasteiger partial charge in [0.15, 0.2) is 0 Å². The van der Waals surface area contributed by atoms with Crippen LogP contribution in [0.5, 0.6) is 0 Å². The van der Waals surface area contributed by atoms with E-state index in [4.69, 9.17) is 23.2 Å². The number of halogens is 5. The molecule has 1 amide bonds. The Morgan fingerprint density at radius 2 is 1.89 bits per heavy atom. The fourth-order valence-corrected chi connectivity index (χ4v) is 2.89. The molecule has 9 heteroatoms. The van der Waals surface area contributed by atoms with E-state index in [0.29, 0.717) is 5.56 Å². The van der Waals surface area contributed by atoms with Gasteiger partial charge in [0.2, 0.25) is 0 Å². The normalized spacial score (nSPS) is 11.1. The lowest BCUT2D eigenvalue weighted by Crippen LogP contribution is -2.35. The molecule has 0 saturated heterocycles. The highest BCUT2D eigenvalue weighted by molar-refractivity contribution is 6.42. The molecular formula is C18H12Cl2F3N3O. The summed E-state index contributed by atoms with van der Waals surface area (Å²) in [6.45, 7) is -3.16. The van der Waals surface area contributed by atoms with Crippen LogP contribution in [0.25, 0.3) is 11.1 Å². The second-order valence-corrected chi connectivity index (χ2v) is 6.46. The van der Waals surface area contributed by atoms with Gasteiger partial charge in [0.05, 0.1) is 27.5 Å². The number of nitrogens with zero attached hydrogens (tertiary/aromatic N) is 3. The molecule has 1 heterocycles. The molecule has 0 saturated carbocycles. The van der Waals surface area contributed by atoms with Crippen LogP contribution in [0.1, 0.15) is 10.4 Å². The molecular weight excluding hydrogens is 402 g/mol.